The Morgan fingerprint density at radius 3 is 3.12 bits per heavy atom. The lowest BCUT2D eigenvalue weighted by atomic mass is 10.2. The van der Waals surface area contributed by atoms with Gasteiger partial charge in [0.2, 0.25) is 0 Å². The van der Waals surface area contributed by atoms with E-state index in [-0.39, 0.29) is 12.2 Å². The molecule has 5 heteroatoms. The first-order valence-corrected chi connectivity index (χ1v) is 4.86. The van der Waals surface area contributed by atoms with E-state index in [4.69, 9.17) is 4.74 Å². The molecule has 16 heavy (non-hydrogen) atoms. The summed E-state index contributed by atoms with van der Waals surface area (Å²) in [5.74, 6) is -0.609. The number of rotatable bonds is 2. The van der Waals surface area contributed by atoms with E-state index in [0.717, 1.165) is 5.39 Å². The molecule has 2 rings (SSSR count). The van der Waals surface area contributed by atoms with Crippen LogP contribution in [0.2, 0.25) is 0 Å². The van der Waals surface area contributed by atoms with Crippen LogP contribution in [0, 0.1) is 0 Å². The van der Waals surface area contributed by atoms with Crippen molar-refractivity contribution in [1.82, 2.24) is 9.97 Å². The minimum Gasteiger partial charge on any atom is -0.462 e. The minimum absolute atomic E-state index is 0.0144. The van der Waals surface area contributed by atoms with Gasteiger partial charge in [-0.15, -0.1) is 0 Å². The summed E-state index contributed by atoms with van der Waals surface area (Å²) in [4.78, 5) is 29.5. The Morgan fingerprint density at radius 2 is 2.38 bits per heavy atom. The summed E-state index contributed by atoms with van der Waals surface area (Å²) in [7, 11) is 0. The number of aromatic nitrogens is 2. The molecule has 2 aromatic heterocycles. The standard InChI is InChI=1S/C11H10N2O3/c1-2-16-11(15)8-5-7-3-4-12-6-9(7)13-10(8)14/h3-6H,2H2,1H3,(H,13,14). The van der Waals surface area contributed by atoms with E-state index in [1.54, 1.807) is 19.2 Å². The second kappa shape index (κ2) is 4.14. The quantitative estimate of drug-likeness (QED) is 0.766. The molecular weight excluding hydrogens is 208 g/mol. The summed E-state index contributed by atoms with van der Waals surface area (Å²) in [6, 6.07) is 3.22. The van der Waals surface area contributed by atoms with Crippen molar-refractivity contribution >= 4 is 16.9 Å². The van der Waals surface area contributed by atoms with Crippen molar-refractivity contribution in [3.63, 3.8) is 0 Å². The average molecular weight is 218 g/mol. The third kappa shape index (κ3) is 1.79. The Kier molecular flexibility index (Phi) is 2.68. The summed E-state index contributed by atoms with van der Waals surface area (Å²) in [6.45, 7) is 1.93. The number of fused-ring (bicyclic) bond motifs is 1. The number of pyridine rings is 2. The monoisotopic (exact) mass is 218 g/mol. The zero-order valence-electron chi connectivity index (χ0n) is 8.69. The highest BCUT2D eigenvalue weighted by molar-refractivity contribution is 5.93. The molecule has 0 aliphatic rings. The van der Waals surface area contributed by atoms with Crippen LogP contribution in [-0.2, 0) is 4.74 Å². The number of carbonyl (C=O) groups excluding carboxylic acids is 1. The van der Waals surface area contributed by atoms with Crippen LogP contribution in [0.25, 0.3) is 10.9 Å². The van der Waals surface area contributed by atoms with Crippen LogP contribution in [0.15, 0.2) is 29.3 Å². The summed E-state index contributed by atoms with van der Waals surface area (Å²) in [6.07, 6.45) is 3.13. The molecule has 0 atom stereocenters. The van der Waals surface area contributed by atoms with Gasteiger partial charge in [-0.2, -0.15) is 0 Å². The van der Waals surface area contributed by atoms with Gasteiger partial charge >= 0.3 is 5.97 Å². The van der Waals surface area contributed by atoms with E-state index in [1.165, 1.54) is 12.3 Å². The Labute approximate surface area is 91.1 Å². The first-order valence-electron chi connectivity index (χ1n) is 4.86. The van der Waals surface area contributed by atoms with Crippen molar-refractivity contribution in [3.8, 4) is 0 Å². The zero-order chi connectivity index (χ0) is 11.5. The van der Waals surface area contributed by atoms with Crippen molar-refractivity contribution in [3.05, 3.63) is 40.4 Å². The van der Waals surface area contributed by atoms with Gasteiger partial charge in [-0.25, -0.2) is 4.79 Å². The van der Waals surface area contributed by atoms with Gasteiger partial charge in [0.05, 0.1) is 18.3 Å². The lowest BCUT2D eigenvalue weighted by molar-refractivity contribution is 0.0524. The SMILES string of the molecule is CCOC(=O)c1cc2ccncc2[nH]c1=O. The highest BCUT2D eigenvalue weighted by Crippen LogP contribution is 2.09. The maximum atomic E-state index is 11.6. The number of nitrogens with one attached hydrogen (secondary N) is 1. The molecule has 1 N–H and O–H groups in total. The first-order chi connectivity index (χ1) is 7.72. The van der Waals surface area contributed by atoms with Crippen LogP contribution in [0.1, 0.15) is 17.3 Å². The third-order valence-corrected chi connectivity index (χ3v) is 2.14. The van der Waals surface area contributed by atoms with Crippen LogP contribution >= 0.6 is 0 Å². The second-order valence-electron chi connectivity index (χ2n) is 3.20. The van der Waals surface area contributed by atoms with Crippen molar-refractivity contribution in [2.45, 2.75) is 6.92 Å². The zero-order valence-corrected chi connectivity index (χ0v) is 8.69. The van der Waals surface area contributed by atoms with Crippen molar-refractivity contribution < 1.29 is 9.53 Å². The normalized spacial score (nSPS) is 10.3. The van der Waals surface area contributed by atoms with E-state index in [0.29, 0.717) is 5.52 Å². The Balaban J connectivity index is 2.58. The van der Waals surface area contributed by atoms with E-state index in [9.17, 15) is 9.59 Å². The first kappa shape index (κ1) is 10.4. The highest BCUT2D eigenvalue weighted by atomic mass is 16.5. The maximum absolute atomic E-state index is 11.6. The predicted octanol–water partition coefficient (Wildman–Crippen LogP) is 1.10. The van der Waals surface area contributed by atoms with Crippen LogP contribution < -0.4 is 5.56 Å². The number of hydrogen-bond donors (Lipinski definition) is 1. The molecule has 0 saturated carbocycles. The maximum Gasteiger partial charge on any atom is 0.343 e. The van der Waals surface area contributed by atoms with Gasteiger partial charge < -0.3 is 9.72 Å². The Morgan fingerprint density at radius 1 is 1.56 bits per heavy atom. The van der Waals surface area contributed by atoms with Crippen molar-refractivity contribution in [2.24, 2.45) is 0 Å². The summed E-state index contributed by atoms with van der Waals surface area (Å²) >= 11 is 0. The summed E-state index contributed by atoms with van der Waals surface area (Å²) in [5.41, 5.74) is 0.153. The lowest BCUT2D eigenvalue weighted by Crippen LogP contribution is -2.19. The molecule has 0 radical (unpaired) electrons. The number of carbonyl (C=O) groups is 1. The number of nitrogens with zero attached hydrogens (tertiary/aromatic N) is 1. The van der Waals surface area contributed by atoms with Gasteiger partial charge in [-0.05, 0) is 19.1 Å². The van der Waals surface area contributed by atoms with Gasteiger partial charge in [0.15, 0.2) is 0 Å². The second-order valence-corrected chi connectivity index (χ2v) is 3.20. The number of ether oxygens (including phenoxy) is 1. The lowest BCUT2D eigenvalue weighted by Gasteiger charge is -2.02. The number of hydrogen-bond acceptors (Lipinski definition) is 4. The van der Waals surface area contributed by atoms with Crippen LogP contribution in [0.4, 0.5) is 0 Å². The molecule has 0 bridgehead atoms. The smallest absolute Gasteiger partial charge is 0.343 e. The molecule has 0 aliphatic carbocycles. The molecule has 0 saturated heterocycles. The molecule has 0 aromatic carbocycles. The van der Waals surface area contributed by atoms with Gasteiger partial charge in [0.1, 0.15) is 5.56 Å². The number of aromatic amines is 1. The third-order valence-electron chi connectivity index (χ3n) is 2.14. The van der Waals surface area contributed by atoms with Gasteiger partial charge in [-0.3, -0.25) is 9.78 Å². The molecule has 2 aromatic rings. The molecular formula is C11H10N2O3. The Hall–Kier alpha value is -2.17. The van der Waals surface area contributed by atoms with Crippen molar-refractivity contribution in [2.75, 3.05) is 6.61 Å². The van der Waals surface area contributed by atoms with E-state index in [1.807, 2.05) is 0 Å². The fourth-order valence-electron chi connectivity index (χ4n) is 1.41. The van der Waals surface area contributed by atoms with Gasteiger partial charge in [0.25, 0.3) is 5.56 Å². The number of H-pyrrole nitrogens is 1. The largest absolute Gasteiger partial charge is 0.462 e. The average Bonchev–Trinajstić information content (AvgIpc) is 2.28. The molecule has 0 fully saturated rings. The highest BCUT2D eigenvalue weighted by Gasteiger charge is 2.12. The Bertz CT molecular complexity index is 589. The number of esters is 1. The van der Waals surface area contributed by atoms with Gasteiger partial charge in [-0.1, -0.05) is 0 Å². The minimum atomic E-state index is -0.609. The topological polar surface area (TPSA) is 72.0 Å². The van der Waals surface area contributed by atoms with Crippen LogP contribution in [0.3, 0.4) is 0 Å². The van der Waals surface area contributed by atoms with Crippen LogP contribution in [0.5, 0.6) is 0 Å². The van der Waals surface area contributed by atoms with Gasteiger partial charge in [0, 0.05) is 11.6 Å². The molecule has 0 amide bonds. The molecule has 0 spiro atoms. The van der Waals surface area contributed by atoms with E-state index < -0.39 is 11.5 Å². The predicted molar refractivity (Wildman–Crippen MR) is 58.3 cm³/mol. The molecule has 5 nitrogen and oxygen atoms in total. The van der Waals surface area contributed by atoms with E-state index >= 15 is 0 Å². The fraction of sp³-hybridized carbons (Fsp3) is 0.182. The summed E-state index contributed by atoms with van der Waals surface area (Å²) in [5, 5.41) is 0.748. The fourth-order valence-corrected chi connectivity index (χ4v) is 1.41. The molecule has 82 valence electrons. The summed E-state index contributed by atoms with van der Waals surface area (Å²) < 4.78 is 4.78. The van der Waals surface area contributed by atoms with Crippen molar-refractivity contribution in [1.29, 1.82) is 0 Å². The van der Waals surface area contributed by atoms with E-state index in [2.05, 4.69) is 9.97 Å². The van der Waals surface area contributed by atoms with Crippen LogP contribution in [-0.4, -0.2) is 22.5 Å². The molecule has 0 aliphatic heterocycles. The molecule has 0 unspecified atom stereocenters. The molecule has 2 heterocycles.